The highest BCUT2D eigenvalue weighted by molar-refractivity contribution is 7.19. The van der Waals surface area contributed by atoms with Gasteiger partial charge in [-0.25, -0.2) is 14.4 Å². The molecule has 36 heavy (non-hydrogen) atoms. The number of thiophene rings is 2. The number of carbonyl (C=O) groups excluding carboxylic acids is 1. The van der Waals surface area contributed by atoms with Crippen LogP contribution in [0.15, 0.2) is 89.6 Å². The number of ether oxygens (including phenoxy) is 1. The maximum absolute atomic E-state index is 13.1. The maximum Gasteiger partial charge on any atom is 0.357 e. The second-order valence-corrected chi connectivity index (χ2v) is 10.1. The fourth-order valence-corrected chi connectivity index (χ4v) is 6.11. The van der Waals surface area contributed by atoms with E-state index in [-0.39, 0.29) is 12.3 Å². The number of hydrogen-bond donors (Lipinski definition) is 0. The van der Waals surface area contributed by atoms with Crippen LogP contribution < -0.4 is 0 Å². The van der Waals surface area contributed by atoms with Gasteiger partial charge in [-0.05, 0) is 52.6 Å². The highest BCUT2D eigenvalue weighted by Gasteiger charge is 2.27. The van der Waals surface area contributed by atoms with Crippen molar-refractivity contribution in [3.63, 3.8) is 0 Å². The summed E-state index contributed by atoms with van der Waals surface area (Å²) in [6.07, 6.45) is 0. The Morgan fingerprint density at radius 3 is 1.94 bits per heavy atom. The van der Waals surface area contributed by atoms with E-state index in [4.69, 9.17) is 14.3 Å². The summed E-state index contributed by atoms with van der Waals surface area (Å²) in [5.41, 5.74) is 4.51. The average Bonchev–Trinajstić information content (AvgIpc) is 3.70. The van der Waals surface area contributed by atoms with Crippen LogP contribution >= 0.6 is 22.7 Å². The zero-order valence-corrected chi connectivity index (χ0v) is 20.8. The van der Waals surface area contributed by atoms with E-state index in [1.807, 2.05) is 60.7 Å². The first-order chi connectivity index (χ1) is 17.7. The van der Waals surface area contributed by atoms with Gasteiger partial charge in [-0.1, -0.05) is 60.7 Å². The lowest BCUT2D eigenvalue weighted by Crippen LogP contribution is -2.10. The third-order valence-electron chi connectivity index (χ3n) is 5.69. The summed E-state index contributed by atoms with van der Waals surface area (Å²) in [5.74, 6) is -0.506. The second-order valence-electron chi connectivity index (χ2n) is 7.93. The van der Waals surface area contributed by atoms with Crippen LogP contribution in [0.3, 0.4) is 0 Å². The van der Waals surface area contributed by atoms with Crippen LogP contribution in [0.25, 0.3) is 52.9 Å². The average molecular weight is 510 g/mol. The van der Waals surface area contributed by atoms with Gasteiger partial charge in [-0.3, -0.25) is 0 Å². The first kappa shape index (κ1) is 22.3. The summed E-state index contributed by atoms with van der Waals surface area (Å²) >= 11 is 3.13. The lowest BCUT2D eigenvalue weighted by molar-refractivity contribution is 0.0521. The van der Waals surface area contributed by atoms with E-state index < -0.39 is 5.97 Å². The summed E-state index contributed by atoms with van der Waals surface area (Å²) in [6.45, 7) is 2.01. The van der Waals surface area contributed by atoms with Crippen LogP contribution in [0.5, 0.6) is 0 Å². The van der Waals surface area contributed by atoms with Gasteiger partial charge in [0.25, 0.3) is 0 Å². The molecule has 0 bridgehead atoms. The molecule has 0 saturated carbocycles. The molecule has 6 nitrogen and oxygen atoms in total. The fraction of sp³-hybridized carbons (Fsp3) is 0.0714. The van der Waals surface area contributed by atoms with E-state index in [9.17, 15) is 4.79 Å². The van der Waals surface area contributed by atoms with Crippen LogP contribution in [0.1, 0.15) is 17.4 Å². The van der Waals surface area contributed by atoms with Gasteiger partial charge in [-0.15, -0.1) is 22.7 Å². The first-order valence-electron chi connectivity index (χ1n) is 11.4. The smallest absolute Gasteiger partial charge is 0.357 e. The molecule has 0 aliphatic carbocycles. The molecule has 4 aromatic heterocycles. The Hall–Kier alpha value is -4.14. The normalized spacial score (nSPS) is 11.1. The Morgan fingerprint density at radius 1 is 0.750 bits per heavy atom. The standard InChI is InChI=1S/C28H19N3O3S2/c1-2-33-28(32)26-23(21-15-13-19(35-21)17-9-5-3-6-10-17)25-27(31-34-30-25)24(29-26)22-16-14-20(36-22)18-11-7-4-8-12-18/h3-16H,2H2,1H3. The number of fused-ring (bicyclic) bond motifs is 1. The number of nitrogens with zero attached hydrogens (tertiary/aromatic N) is 3. The zero-order chi connectivity index (χ0) is 24.5. The van der Waals surface area contributed by atoms with Crippen LogP contribution in [0.4, 0.5) is 0 Å². The van der Waals surface area contributed by atoms with Crippen molar-refractivity contribution in [2.45, 2.75) is 6.92 Å². The molecule has 0 atom stereocenters. The third kappa shape index (κ3) is 4.00. The Kier molecular flexibility index (Phi) is 5.88. The number of esters is 1. The van der Waals surface area contributed by atoms with Crippen molar-refractivity contribution in [2.24, 2.45) is 0 Å². The Labute approximate surface area is 214 Å². The molecule has 6 aromatic rings. The van der Waals surface area contributed by atoms with Gasteiger partial charge >= 0.3 is 5.97 Å². The molecule has 0 N–H and O–H groups in total. The predicted octanol–water partition coefficient (Wildman–Crippen LogP) is 7.59. The minimum absolute atomic E-state index is 0.200. The van der Waals surface area contributed by atoms with Crippen LogP contribution in [0, 0.1) is 0 Å². The Morgan fingerprint density at radius 2 is 1.31 bits per heavy atom. The Balaban J connectivity index is 1.53. The number of benzene rings is 2. The molecule has 0 unspecified atom stereocenters. The summed E-state index contributed by atoms with van der Waals surface area (Å²) < 4.78 is 10.6. The van der Waals surface area contributed by atoms with Crippen molar-refractivity contribution in [3.05, 3.63) is 90.6 Å². The highest BCUT2D eigenvalue weighted by atomic mass is 32.1. The molecule has 8 heteroatoms. The van der Waals surface area contributed by atoms with Gasteiger partial charge in [0.2, 0.25) is 0 Å². The van der Waals surface area contributed by atoms with Crippen molar-refractivity contribution in [2.75, 3.05) is 6.61 Å². The van der Waals surface area contributed by atoms with Crippen LogP contribution in [0.2, 0.25) is 0 Å². The number of aromatic nitrogens is 3. The quantitative estimate of drug-likeness (QED) is 0.215. The number of hydrogen-bond acceptors (Lipinski definition) is 8. The van der Waals surface area contributed by atoms with Gasteiger partial charge in [-0.2, -0.15) is 0 Å². The minimum atomic E-state index is -0.506. The molecule has 0 radical (unpaired) electrons. The molecule has 176 valence electrons. The van der Waals surface area contributed by atoms with E-state index in [1.165, 1.54) is 0 Å². The number of rotatable bonds is 6. The molecule has 0 saturated heterocycles. The van der Waals surface area contributed by atoms with Crippen molar-refractivity contribution in [1.82, 2.24) is 15.3 Å². The molecule has 0 aliphatic rings. The fourth-order valence-electron chi connectivity index (χ4n) is 4.05. The predicted molar refractivity (Wildman–Crippen MR) is 143 cm³/mol. The van der Waals surface area contributed by atoms with Crippen LogP contribution in [-0.4, -0.2) is 27.9 Å². The van der Waals surface area contributed by atoms with E-state index >= 15 is 0 Å². The molecule has 6 rings (SSSR count). The van der Waals surface area contributed by atoms with Gasteiger partial charge in [0.05, 0.1) is 17.0 Å². The van der Waals surface area contributed by atoms with Crippen molar-refractivity contribution in [3.8, 4) is 41.9 Å². The zero-order valence-electron chi connectivity index (χ0n) is 19.2. The van der Waals surface area contributed by atoms with E-state index in [2.05, 4.69) is 34.6 Å². The topological polar surface area (TPSA) is 78.1 Å². The monoisotopic (exact) mass is 509 g/mol. The number of pyridine rings is 1. The van der Waals surface area contributed by atoms with Crippen molar-refractivity contribution < 1.29 is 14.2 Å². The molecular weight excluding hydrogens is 490 g/mol. The van der Waals surface area contributed by atoms with Gasteiger partial charge < -0.3 is 4.74 Å². The van der Waals surface area contributed by atoms with Crippen molar-refractivity contribution in [1.29, 1.82) is 0 Å². The van der Waals surface area contributed by atoms with Gasteiger partial charge in [0, 0.05) is 14.6 Å². The number of carbonyl (C=O) groups is 1. The molecular formula is C28H19N3O3S2. The largest absolute Gasteiger partial charge is 0.461 e. The molecule has 0 fully saturated rings. The van der Waals surface area contributed by atoms with Crippen LogP contribution in [-0.2, 0) is 4.74 Å². The van der Waals surface area contributed by atoms with E-state index in [0.717, 1.165) is 30.6 Å². The summed E-state index contributed by atoms with van der Waals surface area (Å²) in [5, 5.41) is 8.39. The summed E-state index contributed by atoms with van der Waals surface area (Å²) in [7, 11) is 0. The van der Waals surface area contributed by atoms with E-state index in [0.29, 0.717) is 22.3 Å². The Bertz CT molecular complexity index is 1670. The summed E-state index contributed by atoms with van der Waals surface area (Å²) in [4.78, 5) is 21.8. The van der Waals surface area contributed by atoms with E-state index in [1.54, 1.807) is 29.6 Å². The molecule has 0 amide bonds. The SMILES string of the molecule is CCOC(=O)c1nc(-c2ccc(-c3ccccc3)s2)c2nonc2c1-c1ccc(-c2ccccc2)s1. The van der Waals surface area contributed by atoms with Gasteiger partial charge in [0.15, 0.2) is 11.2 Å². The van der Waals surface area contributed by atoms with Crippen molar-refractivity contribution >= 4 is 39.7 Å². The maximum atomic E-state index is 13.1. The summed E-state index contributed by atoms with van der Waals surface area (Å²) in [6, 6.07) is 28.2. The molecule has 0 spiro atoms. The van der Waals surface area contributed by atoms with Gasteiger partial charge in [0.1, 0.15) is 11.2 Å². The first-order valence-corrected chi connectivity index (χ1v) is 13.0. The highest BCUT2D eigenvalue weighted by Crippen LogP contribution is 2.42. The molecule has 4 heterocycles. The minimum Gasteiger partial charge on any atom is -0.461 e. The lowest BCUT2D eigenvalue weighted by Gasteiger charge is -2.09. The molecule has 2 aromatic carbocycles. The second kappa shape index (κ2) is 9.49. The molecule has 0 aliphatic heterocycles. The third-order valence-corrected chi connectivity index (χ3v) is 7.98. The lowest BCUT2D eigenvalue weighted by atomic mass is 10.1.